The summed E-state index contributed by atoms with van der Waals surface area (Å²) >= 11 is 6.67. The van der Waals surface area contributed by atoms with Crippen LogP contribution in [0.5, 0.6) is 0 Å². The van der Waals surface area contributed by atoms with E-state index in [1.807, 2.05) is 12.1 Å². The summed E-state index contributed by atoms with van der Waals surface area (Å²) in [6.45, 7) is 0. The normalized spacial score (nSPS) is 11.0. The van der Waals surface area contributed by atoms with Crippen LogP contribution < -0.4 is 5.73 Å². The number of anilines is 1. The fraction of sp³-hybridized carbons (Fsp3) is 0. The van der Waals surface area contributed by atoms with Crippen molar-refractivity contribution in [3.8, 4) is 5.69 Å². The van der Waals surface area contributed by atoms with Gasteiger partial charge in [-0.05, 0) is 44.0 Å². The van der Waals surface area contributed by atoms with Gasteiger partial charge >= 0.3 is 0 Å². The molecule has 18 heavy (non-hydrogen) atoms. The maximum atomic E-state index is 5.57. The van der Waals surface area contributed by atoms with Crippen LogP contribution in [0.1, 0.15) is 0 Å². The monoisotopic (exact) mass is 368 g/mol. The Kier molecular flexibility index (Phi) is 2.75. The highest BCUT2D eigenvalue weighted by Gasteiger charge is 2.11. The lowest BCUT2D eigenvalue weighted by atomic mass is 10.3. The van der Waals surface area contributed by atoms with Gasteiger partial charge in [0.1, 0.15) is 5.52 Å². The van der Waals surface area contributed by atoms with Gasteiger partial charge in [-0.3, -0.25) is 9.97 Å². The van der Waals surface area contributed by atoms with Crippen molar-refractivity contribution in [1.82, 2.24) is 24.7 Å². The number of halogens is 2. The van der Waals surface area contributed by atoms with Crippen molar-refractivity contribution >= 4 is 48.8 Å². The summed E-state index contributed by atoms with van der Waals surface area (Å²) < 4.78 is 2.98. The van der Waals surface area contributed by atoms with E-state index in [-0.39, 0.29) is 5.95 Å². The van der Waals surface area contributed by atoms with E-state index in [0.717, 1.165) is 21.2 Å². The highest BCUT2D eigenvalue weighted by atomic mass is 79.9. The Morgan fingerprint density at radius 2 is 2.06 bits per heavy atom. The van der Waals surface area contributed by atoms with E-state index in [1.165, 1.54) is 0 Å². The third-order valence-corrected chi connectivity index (χ3v) is 3.28. The molecule has 0 atom stereocenters. The van der Waals surface area contributed by atoms with Crippen molar-refractivity contribution in [3.05, 3.63) is 33.7 Å². The molecular formula is C10H6Br2N6. The Morgan fingerprint density at radius 1 is 1.22 bits per heavy atom. The topological polar surface area (TPSA) is 82.5 Å². The van der Waals surface area contributed by atoms with E-state index < -0.39 is 0 Å². The smallest absolute Gasteiger partial charge is 0.240 e. The van der Waals surface area contributed by atoms with E-state index >= 15 is 0 Å². The minimum atomic E-state index is 0.198. The SMILES string of the molecule is Nc1nc(Br)n(-c2ccnc3cc(Br)cnc23)n1. The van der Waals surface area contributed by atoms with E-state index in [2.05, 4.69) is 51.9 Å². The van der Waals surface area contributed by atoms with Gasteiger partial charge in [0.25, 0.3) is 0 Å². The first-order chi connectivity index (χ1) is 8.65. The molecule has 6 nitrogen and oxygen atoms in total. The molecule has 0 saturated carbocycles. The first-order valence-corrected chi connectivity index (χ1v) is 6.52. The Hall–Kier alpha value is -1.54. The Morgan fingerprint density at radius 3 is 2.78 bits per heavy atom. The average Bonchev–Trinajstić information content (AvgIpc) is 2.67. The quantitative estimate of drug-likeness (QED) is 0.711. The summed E-state index contributed by atoms with van der Waals surface area (Å²) in [6, 6.07) is 3.70. The second-order valence-corrected chi connectivity index (χ2v) is 5.13. The first kappa shape index (κ1) is 11.5. The van der Waals surface area contributed by atoms with Crippen molar-refractivity contribution in [2.45, 2.75) is 0 Å². The second-order valence-electron chi connectivity index (χ2n) is 3.50. The molecule has 0 spiro atoms. The highest BCUT2D eigenvalue weighted by molar-refractivity contribution is 9.10. The summed E-state index contributed by atoms with van der Waals surface area (Å²) in [4.78, 5) is 12.6. The van der Waals surface area contributed by atoms with E-state index in [4.69, 9.17) is 5.73 Å². The molecule has 0 aromatic carbocycles. The first-order valence-electron chi connectivity index (χ1n) is 4.94. The lowest BCUT2D eigenvalue weighted by Gasteiger charge is -2.05. The van der Waals surface area contributed by atoms with Gasteiger partial charge < -0.3 is 5.73 Å². The average molecular weight is 370 g/mol. The van der Waals surface area contributed by atoms with Crippen molar-refractivity contribution in [1.29, 1.82) is 0 Å². The van der Waals surface area contributed by atoms with Crippen LogP contribution in [0.3, 0.4) is 0 Å². The van der Waals surface area contributed by atoms with Crippen molar-refractivity contribution in [2.24, 2.45) is 0 Å². The summed E-state index contributed by atoms with van der Waals surface area (Å²) in [7, 11) is 0. The van der Waals surface area contributed by atoms with Crippen LogP contribution >= 0.6 is 31.9 Å². The molecule has 8 heteroatoms. The number of pyridine rings is 2. The zero-order valence-corrected chi connectivity index (χ0v) is 12.1. The predicted molar refractivity (Wildman–Crippen MR) is 74.3 cm³/mol. The molecule has 0 aliphatic heterocycles. The molecule has 3 rings (SSSR count). The largest absolute Gasteiger partial charge is 0.366 e. The maximum Gasteiger partial charge on any atom is 0.240 e. The summed E-state index contributed by atoms with van der Waals surface area (Å²) in [5.41, 5.74) is 7.83. The Bertz CT molecular complexity index is 738. The molecular weight excluding hydrogens is 364 g/mol. The number of nitrogens with two attached hydrogens (primary N) is 1. The van der Waals surface area contributed by atoms with E-state index in [0.29, 0.717) is 4.73 Å². The van der Waals surface area contributed by atoms with Gasteiger partial charge in [0.05, 0.1) is 11.2 Å². The van der Waals surface area contributed by atoms with Crippen LogP contribution in [0.25, 0.3) is 16.7 Å². The van der Waals surface area contributed by atoms with Crippen molar-refractivity contribution in [2.75, 3.05) is 5.73 Å². The summed E-state index contributed by atoms with van der Waals surface area (Å²) in [5, 5.41) is 4.11. The number of hydrogen-bond acceptors (Lipinski definition) is 5. The standard InChI is InChI=1S/C10H6Br2N6/c11-5-3-6-8(15-4-5)7(1-2-14-6)18-9(12)16-10(13)17-18/h1-4H,(H2,13,17). The van der Waals surface area contributed by atoms with E-state index in [9.17, 15) is 0 Å². The molecule has 0 aliphatic rings. The van der Waals surface area contributed by atoms with Crippen molar-refractivity contribution < 1.29 is 0 Å². The van der Waals surface area contributed by atoms with Crippen molar-refractivity contribution in [3.63, 3.8) is 0 Å². The summed E-state index contributed by atoms with van der Waals surface area (Å²) in [5.74, 6) is 0.198. The van der Waals surface area contributed by atoms with Crippen LogP contribution in [-0.4, -0.2) is 24.7 Å². The molecule has 3 aromatic heterocycles. The number of rotatable bonds is 1. The number of hydrogen-bond donors (Lipinski definition) is 1. The number of fused-ring (bicyclic) bond motifs is 1. The molecule has 3 aromatic rings. The zero-order valence-electron chi connectivity index (χ0n) is 8.88. The Labute approximate surface area is 119 Å². The second kappa shape index (κ2) is 4.29. The zero-order chi connectivity index (χ0) is 12.7. The van der Waals surface area contributed by atoms with Crippen LogP contribution in [-0.2, 0) is 0 Å². The number of nitrogen functional groups attached to an aromatic ring is 1. The van der Waals surface area contributed by atoms with Gasteiger partial charge in [0.15, 0.2) is 0 Å². The fourth-order valence-electron chi connectivity index (χ4n) is 1.62. The molecule has 90 valence electrons. The van der Waals surface area contributed by atoms with Crippen LogP contribution in [0.4, 0.5) is 5.95 Å². The minimum absolute atomic E-state index is 0.198. The molecule has 0 radical (unpaired) electrons. The lowest BCUT2D eigenvalue weighted by molar-refractivity contribution is 0.862. The number of aromatic nitrogens is 5. The predicted octanol–water partition coefficient (Wildman–Crippen LogP) is 2.32. The van der Waals surface area contributed by atoms with Gasteiger partial charge in [-0.15, -0.1) is 5.10 Å². The summed E-state index contributed by atoms with van der Waals surface area (Å²) in [6.07, 6.45) is 3.40. The molecule has 0 aliphatic carbocycles. The van der Waals surface area contributed by atoms with Crippen LogP contribution in [0, 0.1) is 0 Å². The highest BCUT2D eigenvalue weighted by Crippen LogP contribution is 2.23. The van der Waals surface area contributed by atoms with Crippen LogP contribution in [0.15, 0.2) is 33.7 Å². The van der Waals surface area contributed by atoms with Gasteiger partial charge in [-0.1, -0.05) is 0 Å². The molecule has 0 unspecified atom stereocenters. The van der Waals surface area contributed by atoms with Gasteiger partial charge in [0, 0.05) is 16.9 Å². The van der Waals surface area contributed by atoms with Gasteiger partial charge in [-0.2, -0.15) is 4.98 Å². The third-order valence-electron chi connectivity index (χ3n) is 2.34. The Balaban J connectivity index is 2.32. The van der Waals surface area contributed by atoms with Crippen LogP contribution in [0.2, 0.25) is 0 Å². The van der Waals surface area contributed by atoms with Gasteiger partial charge in [0.2, 0.25) is 10.7 Å². The molecule has 0 fully saturated rings. The molecule has 0 saturated heterocycles. The maximum absolute atomic E-state index is 5.57. The lowest BCUT2D eigenvalue weighted by Crippen LogP contribution is -2.00. The third kappa shape index (κ3) is 1.87. The minimum Gasteiger partial charge on any atom is -0.366 e. The fourth-order valence-corrected chi connectivity index (χ4v) is 2.39. The molecule has 2 N–H and O–H groups in total. The molecule has 0 bridgehead atoms. The van der Waals surface area contributed by atoms with E-state index in [1.54, 1.807) is 17.1 Å². The molecule has 0 amide bonds. The number of nitrogens with zero attached hydrogens (tertiary/aromatic N) is 5. The molecule has 3 heterocycles. The van der Waals surface area contributed by atoms with Gasteiger partial charge in [-0.25, -0.2) is 4.68 Å².